The standard InChI is InChI=1S/C11H18N4O2/c1-2-13-11(16)10-7-12-5-6-15(10)8-9-3-4-14-17-9/h3-4,10,12H,2,5-8H2,1H3,(H,13,16). The first kappa shape index (κ1) is 12.1. The van der Waals surface area contributed by atoms with E-state index in [1.54, 1.807) is 6.20 Å². The van der Waals surface area contributed by atoms with E-state index in [-0.39, 0.29) is 11.9 Å². The second-order valence-corrected chi connectivity index (χ2v) is 4.06. The molecule has 17 heavy (non-hydrogen) atoms. The number of nitrogens with one attached hydrogen (secondary N) is 2. The van der Waals surface area contributed by atoms with Crippen LogP contribution in [0.5, 0.6) is 0 Å². The first-order chi connectivity index (χ1) is 8.31. The van der Waals surface area contributed by atoms with Crippen molar-refractivity contribution in [2.24, 2.45) is 0 Å². The number of hydrogen-bond donors (Lipinski definition) is 2. The summed E-state index contributed by atoms with van der Waals surface area (Å²) in [5, 5.41) is 9.77. The van der Waals surface area contributed by atoms with Crippen LogP contribution in [-0.4, -0.2) is 48.2 Å². The predicted molar refractivity (Wildman–Crippen MR) is 62.3 cm³/mol. The Hall–Kier alpha value is -1.40. The van der Waals surface area contributed by atoms with Crippen molar-refractivity contribution in [3.05, 3.63) is 18.0 Å². The van der Waals surface area contributed by atoms with E-state index in [4.69, 9.17) is 4.52 Å². The molecule has 6 nitrogen and oxygen atoms in total. The van der Waals surface area contributed by atoms with Gasteiger partial charge in [0.05, 0.1) is 12.7 Å². The number of likely N-dealkylation sites (N-methyl/N-ethyl adjacent to an activating group) is 1. The maximum Gasteiger partial charge on any atom is 0.238 e. The van der Waals surface area contributed by atoms with Crippen LogP contribution in [0, 0.1) is 0 Å². The number of piperazine rings is 1. The van der Waals surface area contributed by atoms with Crippen LogP contribution in [0.2, 0.25) is 0 Å². The van der Waals surface area contributed by atoms with Crippen LogP contribution in [0.3, 0.4) is 0 Å². The SMILES string of the molecule is CCNC(=O)C1CNCCN1Cc1ccno1. The van der Waals surface area contributed by atoms with Crippen LogP contribution in [0.1, 0.15) is 12.7 Å². The molecule has 0 bridgehead atoms. The summed E-state index contributed by atoms with van der Waals surface area (Å²) in [6, 6.07) is 1.70. The fraction of sp³-hybridized carbons (Fsp3) is 0.636. The lowest BCUT2D eigenvalue weighted by Gasteiger charge is -2.34. The molecule has 1 aliphatic heterocycles. The molecule has 1 aliphatic rings. The van der Waals surface area contributed by atoms with E-state index in [0.717, 1.165) is 18.8 Å². The molecular formula is C11H18N4O2. The maximum atomic E-state index is 11.9. The minimum absolute atomic E-state index is 0.0687. The second-order valence-electron chi connectivity index (χ2n) is 4.06. The summed E-state index contributed by atoms with van der Waals surface area (Å²) in [7, 11) is 0. The van der Waals surface area contributed by atoms with Crippen molar-refractivity contribution in [1.29, 1.82) is 0 Å². The highest BCUT2D eigenvalue weighted by molar-refractivity contribution is 5.82. The van der Waals surface area contributed by atoms with E-state index < -0.39 is 0 Å². The molecule has 1 aromatic heterocycles. The molecule has 0 radical (unpaired) electrons. The molecule has 1 fully saturated rings. The van der Waals surface area contributed by atoms with Gasteiger partial charge in [0.2, 0.25) is 5.91 Å². The minimum Gasteiger partial charge on any atom is -0.360 e. The summed E-state index contributed by atoms with van der Waals surface area (Å²) in [5.74, 6) is 0.861. The quantitative estimate of drug-likeness (QED) is 0.746. The molecule has 0 saturated carbocycles. The number of amides is 1. The van der Waals surface area contributed by atoms with Crippen molar-refractivity contribution in [3.8, 4) is 0 Å². The molecular weight excluding hydrogens is 220 g/mol. The third-order valence-electron chi connectivity index (χ3n) is 2.86. The molecule has 1 aromatic rings. The van der Waals surface area contributed by atoms with Gasteiger partial charge in [-0.1, -0.05) is 5.16 Å². The van der Waals surface area contributed by atoms with Crippen LogP contribution in [-0.2, 0) is 11.3 Å². The average Bonchev–Trinajstić information content (AvgIpc) is 2.83. The highest BCUT2D eigenvalue weighted by atomic mass is 16.5. The number of nitrogens with zero attached hydrogens (tertiary/aromatic N) is 2. The van der Waals surface area contributed by atoms with Crippen molar-refractivity contribution in [2.45, 2.75) is 19.5 Å². The zero-order valence-electron chi connectivity index (χ0n) is 9.98. The van der Waals surface area contributed by atoms with Gasteiger partial charge in [-0.25, -0.2) is 0 Å². The molecule has 2 N–H and O–H groups in total. The zero-order valence-corrected chi connectivity index (χ0v) is 9.98. The maximum absolute atomic E-state index is 11.9. The number of hydrogen-bond acceptors (Lipinski definition) is 5. The molecule has 1 saturated heterocycles. The minimum atomic E-state index is -0.131. The Bertz CT molecular complexity index is 352. The molecule has 2 rings (SSSR count). The van der Waals surface area contributed by atoms with Gasteiger partial charge >= 0.3 is 0 Å². The van der Waals surface area contributed by atoms with E-state index in [9.17, 15) is 4.79 Å². The highest BCUT2D eigenvalue weighted by Gasteiger charge is 2.28. The van der Waals surface area contributed by atoms with Gasteiger partial charge in [0.15, 0.2) is 5.76 Å². The number of rotatable bonds is 4. The number of aromatic nitrogens is 1. The zero-order chi connectivity index (χ0) is 12.1. The summed E-state index contributed by atoms with van der Waals surface area (Å²) >= 11 is 0. The van der Waals surface area contributed by atoms with Crippen LogP contribution in [0.15, 0.2) is 16.8 Å². The lowest BCUT2D eigenvalue weighted by atomic mass is 10.1. The predicted octanol–water partition coefficient (Wildman–Crippen LogP) is -0.415. The molecule has 1 atom stereocenters. The molecule has 1 amide bonds. The molecule has 0 aliphatic carbocycles. The summed E-state index contributed by atoms with van der Waals surface area (Å²) in [4.78, 5) is 14.0. The summed E-state index contributed by atoms with van der Waals surface area (Å²) in [5.41, 5.74) is 0. The third-order valence-corrected chi connectivity index (χ3v) is 2.86. The Morgan fingerprint density at radius 3 is 3.35 bits per heavy atom. The normalized spacial score (nSPS) is 21.4. The van der Waals surface area contributed by atoms with Gasteiger partial charge in [0, 0.05) is 32.2 Å². The van der Waals surface area contributed by atoms with Crippen molar-refractivity contribution in [3.63, 3.8) is 0 Å². The van der Waals surface area contributed by atoms with Gasteiger partial charge in [-0.2, -0.15) is 0 Å². The molecule has 6 heteroatoms. The van der Waals surface area contributed by atoms with E-state index in [2.05, 4.69) is 20.7 Å². The first-order valence-corrected chi connectivity index (χ1v) is 5.93. The molecule has 1 unspecified atom stereocenters. The van der Waals surface area contributed by atoms with Crippen molar-refractivity contribution >= 4 is 5.91 Å². The van der Waals surface area contributed by atoms with Crippen LogP contribution < -0.4 is 10.6 Å². The van der Waals surface area contributed by atoms with E-state index >= 15 is 0 Å². The van der Waals surface area contributed by atoms with Crippen molar-refractivity contribution in [1.82, 2.24) is 20.7 Å². The average molecular weight is 238 g/mol. The number of carbonyl (C=O) groups excluding carboxylic acids is 1. The topological polar surface area (TPSA) is 70.4 Å². The Morgan fingerprint density at radius 1 is 1.76 bits per heavy atom. The van der Waals surface area contributed by atoms with Gasteiger partial charge in [-0.3, -0.25) is 9.69 Å². The largest absolute Gasteiger partial charge is 0.360 e. The smallest absolute Gasteiger partial charge is 0.238 e. The van der Waals surface area contributed by atoms with E-state index in [1.165, 1.54) is 0 Å². The Balaban J connectivity index is 1.99. The fourth-order valence-electron chi connectivity index (χ4n) is 2.01. The monoisotopic (exact) mass is 238 g/mol. The lowest BCUT2D eigenvalue weighted by molar-refractivity contribution is -0.127. The van der Waals surface area contributed by atoms with Gasteiger partial charge in [-0.05, 0) is 6.92 Å². The van der Waals surface area contributed by atoms with E-state index in [0.29, 0.717) is 19.6 Å². The van der Waals surface area contributed by atoms with Gasteiger partial charge in [0.25, 0.3) is 0 Å². The fourth-order valence-corrected chi connectivity index (χ4v) is 2.01. The van der Waals surface area contributed by atoms with Crippen LogP contribution in [0.4, 0.5) is 0 Å². The lowest BCUT2D eigenvalue weighted by Crippen LogP contribution is -2.57. The molecule has 2 heterocycles. The third kappa shape index (κ3) is 3.04. The highest BCUT2D eigenvalue weighted by Crippen LogP contribution is 2.09. The van der Waals surface area contributed by atoms with Gasteiger partial charge in [-0.15, -0.1) is 0 Å². The Morgan fingerprint density at radius 2 is 2.65 bits per heavy atom. The molecule has 0 spiro atoms. The van der Waals surface area contributed by atoms with Gasteiger partial charge in [0.1, 0.15) is 6.04 Å². The van der Waals surface area contributed by atoms with E-state index in [1.807, 2.05) is 13.0 Å². The second kappa shape index (κ2) is 5.79. The van der Waals surface area contributed by atoms with Gasteiger partial charge < -0.3 is 15.2 Å². The molecule has 0 aromatic carbocycles. The molecule has 94 valence electrons. The Labute approximate surface area is 100 Å². The summed E-state index contributed by atoms with van der Waals surface area (Å²) in [6.07, 6.45) is 1.62. The number of carbonyl (C=O) groups is 1. The van der Waals surface area contributed by atoms with Crippen LogP contribution in [0.25, 0.3) is 0 Å². The van der Waals surface area contributed by atoms with Crippen molar-refractivity contribution < 1.29 is 9.32 Å². The first-order valence-electron chi connectivity index (χ1n) is 5.93. The summed E-state index contributed by atoms with van der Waals surface area (Å²) in [6.45, 7) is 5.62. The Kier molecular flexibility index (Phi) is 4.11. The van der Waals surface area contributed by atoms with Crippen LogP contribution >= 0.6 is 0 Å². The van der Waals surface area contributed by atoms with Crippen molar-refractivity contribution in [2.75, 3.05) is 26.2 Å². The summed E-state index contributed by atoms with van der Waals surface area (Å²) < 4.78 is 5.08.